The molecule has 4 N–H and O–H groups in total. The summed E-state index contributed by atoms with van der Waals surface area (Å²) in [4.78, 5) is 11.6. The molecular weight excluding hydrogens is 242 g/mol. The maximum atomic E-state index is 11.6. The summed E-state index contributed by atoms with van der Waals surface area (Å²) in [6.07, 6.45) is 1.35. The van der Waals surface area contributed by atoms with E-state index in [4.69, 9.17) is 10.5 Å². The van der Waals surface area contributed by atoms with Crippen molar-refractivity contribution in [3.8, 4) is 5.75 Å². The van der Waals surface area contributed by atoms with E-state index in [1.54, 1.807) is 19.2 Å². The zero-order chi connectivity index (χ0) is 14.3. The van der Waals surface area contributed by atoms with Gasteiger partial charge in [-0.05, 0) is 25.5 Å². The molecule has 0 saturated carbocycles. The van der Waals surface area contributed by atoms with Crippen molar-refractivity contribution in [2.45, 2.75) is 32.7 Å². The van der Waals surface area contributed by atoms with Crippen LogP contribution in [0, 0.1) is 0 Å². The van der Waals surface area contributed by atoms with Crippen LogP contribution in [0.25, 0.3) is 0 Å². The Bertz CT molecular complexity index is 421. The summed E-state index contributed by atoms with van der Waals surface area (Å²) in [5.74, 6) is 0.782. The third kappa shape index (κ3) is 5.07. The van der Waals surface area contributed by atoms with Gasteiger partial charge in [0.05, 0.1) is 18.5 Å². The van der Waals surface area contributed by atoms with Gasteiger partial charge in [-0.2, -0.15) is 0 Å². The minimum absolute atomic E-state index is 0.0447. The molecule has 1 aromatic rings. The first-order valence-corrected chi connectivity index (χ1v) is 6.53. The highest BCUT2D eigenvalue weighted by Gasteiger charge is 2.06. The van der Waals surface area contributed by atoms with Gasteiger partial charge in [0.15, 0.2) is 0 Å². The van der Waals surface area contributed by atoms with Crippen LogP contribution in [0.15, 0.2) is 18.2 Å². The number of hydrogen-bond donors (Lipinski definition) is 3. The molecule has 0 aromatic heterocycles. The molecule has 19 heavy (non-hydrogen) atoms. The van der Waals surface area contributed by atoms with Crippen molar-refractivity contribution in [1.82, 2.24) is 5.32 Å². The van der Waals surface area contributed by atoms with Gasteiger partial charge in [0.2, 0.25) is 5.91 Å². The Kier molecular flexibility index (Phi) is 5.99. The van der Waals surface area contributed by atoms with Gasteiger partial charge < -0.3 is 21.1 Å². The normalized spacial score (nSPS) is 11.7. The van der Waals surface area contributed by atoms with Crippen molar-refractivity contribution in [2.75, 3.05) is 24.7 Å². The molecule has 0 aliphatic carbocycles. The number of carbonyl (C=O) groups excluding carboxylic acids is 1. The van der Waals surface area contributed by atoms with Crippen LogP contribution in [-0.2, 0) is 4.79 Å². The van der Waals surface area contributed by atoms with E-state index < -0.39 is 0 Å². The number of nitrogen functional groups attached to an aromatic ring is 1. The fourth-order valence-electron chi connectivity index (χ4n) is 1.58. The second-order valence-electron chi connectivity index (χ2n) is 4.51. The SMILES string of the molecule is CCC(C)NC(=O)CCNc1cc(OC)ccc1N. The molecule has 5 heteroatoms. The summed E-state index contributed by atoms with van der Waals surface area (Å²) in [6.45, 7) is 4.57. The summed E-state index contributed by atoms with van der Waals surface area (Å²) in [7, 11) is 1.61. The maximum absolute atomic E-state index is 11.6. The highest BCUT2D eigenvalue weighted by Crippen LogP contribution is 2.24. The Labute approximate surface area is 114 Å². The summed E-state index contributed by atoms with van der Waals surface area (Å²) in [5, 5.41) is 6.06. The monoisotopic (exact) mass is 265 g/mol. The highest BCUT2D eigenvalue weighted by atomic mass is 16.5. The zero-order valence-electron chi connectivity index (χ0n) is 11.8. The van der Waals surface area contributed by atoms with Crippen LogP contribution in [0.2, 0.25) is 0 Å². The molecule has 0 bridgehead atoms. The smallest absolute Gasteiger partial charge is 0.221 e. The second-order valence-corrected chi connectivity index (χ2v) is 4.51. The first-order valence-electron chi connectivity index (χ1n) is 6.53. The maximum Gasteiger partial charge on any atom is 0.221 e. The van der Waals surface area contributed by atoms with E-state index in [9.17, 15) is 4.79 Å². The van der Waals surface area contributed by atoms with Crippen molar-refractivity contribution < 1.29 is 9.53 Å². The number of hydrogen-bond acceptors (Lipinski definition) is 4. The molecular formula is C14H23N3O2. The van der Waals surface area contributed by atoms with Crippen LogP contribution >= 0.6 is 0 Å². The van der Waals surface area contributed by atoms with Gasteiger partial charge in [-0.25, -0.2) is 0 Å². The average molecular weight is 265 g/mol. The van der Waals surface area contributed by atoms with Crippen molar-refractivity contribution in [3.63, 3.8) is 0 Å². The zero-order valence-corrected chi connectivity index (χ0v) is 11.8. The van der Waals surface area contributed by atoms with Gasteiger partial charge >= 0.3 is 0 Å². The number of nitrogens with two attached hydrogens (primary N) is 1. The second kappa shape index (κ2) is 7.51. The molecule has 0 aliphatic heterocycles. The van der Waals surface area contributed by atoms with E-state index in [0.29, 0.717) is 18.7 Å². The van der Waals surface area contributed by atoms with Crippen molar-refractivity contribution in [3.05, 3.63) is 18.2 Å². The largest absolute Gasteiger partial charge is 0.497 e. The summed E-state index contributed by atoms with van der Waals surface area (Å²) in [6, 6.07) is 5.62. The van der Waals surface area contributed by atoms with Gasteiger partial charge in [0.25, 0.3) is 0 Å². The predicted octanol–water partition coefficient (Wildman–Crippen LogP) is 1.99. The standard InChI is InChI=1S/C14H23N3O2/c1-4-10(2)17-14(18)7-8-16-13-9-11(19-3)5-6-12(13)15/h5-6,9-10,16H,4,7-8,15H2,1-3H3,(H,17,18). The van der Waals surface area contributed by atoms with E-state index in [2.05, 4.69) is 10.6 Å². The fraction of sp³-hybridized carbons (Fsp3) is 0.500. The topological polar surface area (TPSA) is 76.4 Å². The minimum atomic E-state index is 0.0447. The first-order chi connectivity index (χ1) is 9.06. The molecule has 1 rings (SSSR count). The minimum Gasteiger partial charge on any atom is -0.497 e. The van der Waals surface area contributed by atoms with Crippen molar-refractivity contribution in [2.24, 2.45) is 0 Å². The molecule has 1 unspecified atom stereocenters. The lowest BCUT2D eigenvalue weighted by atomic mass is 10.2. The van der Waals surface area contributed by atoms with E-state index in [0.717, 1.165) is 17.9 Å². The number of amides is 1. The molecule has 0 spiro atoms. The molecule has 1 atom stereocenters. The Morgan fingerprint density at radius 2 is 2.21 bits per heavy atom. The Morgan fingerprint density at radius 3 is 2.84 bits per heavy atom. The van der Waals surface area contributed by atoms with Crippen molar-refractivity contribution >= 4 is 17.3 Å². The number of nitrogens with one attached hydrogen (secondary N) is 2. The molecule has 0 radical (unpaired) electrons. The van der Waals surface area contributed by atoms with Crippen molar-refractivity contribution in [1.29, 1.82) is 0 Å². The summed E-state index contributed by atoms with van der Waals surface area (Å²) >= 11 is 0. The van der Waals surface area contributed by atoms with Crippen LogP contribution in [0.1, 0.15) is 26.7 Å². The Balaban J connectivity index is 2.42. The molecule has 0 aliphatic rings. The molecule has 1 aromatic carbocycles. The highest BCUT2D eigenvalue weighted by molar-refractivity contribution is 5.77. The molecule has 5 nitrogen and oxygen atoms in total. The lowest BCUT2D eigenvalue weighted by Gasteiger charge is -2.13. The number of anilines is 2. The quantitative estimate of drug-likeness (QED) is 0.659. The van der Waals surface area contributed by atoms with E-state index in [1.807, 2.05) is 19.9 Å². The van der Waals surface area contributed by atoms with Crippen LogP contribution in [-0.4, -0.2) is 25.6 Å². The molecule has 1 amide bonds. The van der Waals surface area contributed by atoms with Gasteiger partial charge in [-0.1, -0.05) is 6.92 Å². The number of methoxy groups -OCH3 is 1. The fourth-order valence-corrected chi connectivity index (χ4v) is 1.58. The lowest BCUT2D eigenvalue weighted by molar-refractivity contribution is -0.121. The number of carbonyl (C=O) groups is 1. The Hall–Kier alpha value is -1.91. The summed E-state index contributed by atoms with van der Waals surface area (Å²) in [5.41, 5.74) is 7.27. The van der Waals surface area contributed by atoms with E-state index in [-0.39, 0.29) is 11.9 Å². The van der Waals surface area contributed by atoms with Gasteiger partial charge in [0.1, 0.15) is 5.75 Å². The Morgan fingerprint density at radius 1 is 1.47 bits per heavy atom. The summed E-state index contributed by atoms with van der Waals surface area (Å²) < 4.78 is 5.13. The number of benzene rings is 1. The van der Waals surface area contributed by atoms with Gasteiger partial charge in [-0.3, -0.25) is 4.79 Å². The molecule has 0 fully saturated rings. The van der Waals surface area contributed by atoms with Crippen LogP contribution in [0.5, 0.6) is 5.75 Å². The molecule has 0 saturated heterocycles. The third-order valence-electron chi connectivity index (χ3n) is 2.95. The van der Waals surface area contributed by atoms with Crippen LogP contribution in [0.4, 0.5) is 11.4 Å². The van der Waals surface area contributed by atoms with E-state index >= 15 is 0 Å². The third-order valence-corrected chi connectivity index (χ3v) is 2.95. The number of ether oxygens (including phenoxy) is 1. The lowest BCUT2D eigenvalue weighted by Crippen LogP contribution is -2.32. The van der Waals surface area contributed by atoms with E-state index in [1.165, 1.54) is 0 Å². The van der Waals surface area contributed by atoms with Crippen LogP contribution < -0.4 is 21.1 Å². The molecule has 106 valence electrons. The predicted molar refractivity (Wildman–Crippen MR) is 78.4 cm³/mol. The number of rotatable bonds is 7. The molecule has 0 heterocycles. The average Bonchev–Trinajstić information content (AvgIpc) is 2.40. The van der Waals surface area contributed by atoms with Gasteiger partial charge in [0, 0.05) is 25.1 Å². The first kappa shape index (κ1) is 15.1. The van der Waals surface area contributed by atoms with Crippen LogP contribution in [0.3, 0.4) is 0 Å². The van der Waals surface area contributed by atoms with Gasteiger partial charge in [-0.15, -0.1) is 0 Å².